The van der Waals surface area contributed by atoms with Gasteiger partial charge in [0.1, 0.15) is 11.3 Å². The molecule has 3 atom stereocenters. The van der Waals surface area contributed by atoms with Crippen molar-refractivity contribution in [3.8, 4) is 5.75 Å². The van der Waals surface area contributed by atoms with Gasteiger partial charge in [0, 0.05) is 56.4 Å². The van der Waals surface area contributed by atoms with Crippen molar-refractivity contribution < 1.29 is 9.53 Å². The average molecular weight is 472 g/mol. The Bertz CT molecular complexity index is 1260. The molecule has 1 saturated heterocycles. The van der Waals surface area contributed by atoms with Crippen LogP contribution in [0.3, 0.4) is 0 Å². The Kier molecular flexibility index (Phi) is 5.71. The summed E-state index contributed by atoms with van der Waals surface area (Å²) >= 11 is 0. The van der Waals surface area contributed by atoms with Gasteiger partial charge in [-0.2, -0.15) is 0 Å². The highest BCUT2D eigenvalue weighted by Crippen LogP contribution is 2.41. The van der Waals surface area contributed by atoms with Gasteiger partial charge in [-0.15, -0.1) is 0 Å². The molecule has 6 rings (SSSR count). The molecule has 1 aromatic carbocycles. The number of pyridine rings is 2. The van der Waals surface area contributed by atoms with Crippen LogP contribution in [0, 0.1) is 5.92 Å². The standard InChI is InChI=1S/C28H33N5O2/c1-32(2)26-20-11-14-29-27(33-15-12-18-7-3-5-9-23(18)33)25(20)30-17-21(26)28(34)31-22-13-16-35-24-10-6-4-8-19(22)24/h4,6,8,10-11,14,17-18,22-23H,3,5,7,9,12-13,15-16H2,1-2H3,(H,31,34)/t18-,22-,23+/m0/s1. The minimum Gasteiger partial charge on any atom is -0.493 e. The molecule has 7 heteroatoms. The van der Waals surface area contributed by atoms with Gasteiger partial charge < -0.3 is 19.9 Å². The maximum atomic E-state index is 13.6. The highest BCUT2D eigenvalue weighted by molar-refractivity contribution is 6.09. The molecule has 182 valence electrons. The number of ether oxygens (including phenoxy) is 1. The smallest absolute Gasteiger partial charge is 0.255 e. The third kappa shape index (κ3) is 3.87. The Morgan fingerprint density at radius 1 is 1.09 bits per heavy atom. The van der Waals surface area contributed by atoms with E-state index in [1.165, 1.54) is 32.1 Å². The molecule has 2 aliphatic heterocycles. The number of aromatic nitrogens is 2. The Morgan fingerprint density at radius 2 is 1.94 bits per heavy atom. The number of carbonyl (C=O) groups is 1. The molecule has 3 aliphatic rings. The maximum Gasteiger partial charge on any atom is 0.255 e. The van der Waals surface area contributed by atoms with Crippen molar-refractivity contribution in [2.24, 2.45) is 5.92 Å². The van der Waals surface area contributed by atoms with Gasteiger partial charge in [-0.25, -0.2) is 4.98 Å². The SMILES string of the molecule is CN(C)c1c(C(=O)N[C@H]2CCOc3ccccc32)cnc2c(N3CC[C@@H]4CCCC[C@H]43)nccc12. The Balaban J connectivity index is 1.36. The molecule has 2 fully saturated rings. The fourth-order valence-electron chi connectivity index (χ4n) is 6.35. The normalized spacial score (nSPS) is 23.4. The molecule has 35 heavy (non-hydrogen) atoms. The van der Waals surface area contributed by atoms with Crippen LogP contribution in [0.5, 0.6) is 5.75 Å². The van der Waals surface area contributed by atoms with Crippen LogP contribution >= 0.6 is 0 Å². The van der Waals surface area contributed by atoms with E-state index in [0.717, 1.165) is 52.6 Å². The van der Waals surface area contributed by atoms with Crippen molar-refractivity contribution in [2.75, 3.05) is 37.0 Å². The van der Waals surface area contributed by atoms with Crippen LogP contribution in [0.25, 0.3) is 10.9 Å². The summed E-state index contributed by atoms with van der Waals surface area (Å²) in [5, 5.41) is 4.22. The van der Waals surface area contributed by atoms with E-state index in [2.05, 4.69) is 10.2 Å². The first-order valence-electron chi connectivity index (χ1n) is 12.9. The third-order valence-corrected chi connectivity index (χ3v) is 7.98. The number of hydrogen-bond acceptors (Lipinski definition) is 6. The van der Waals surface area contributed by atoms with Crippen LogP contribution < -0.4 is 19.9 Å². The van der Waals surface area contributed by atoms with Crippen LogP contribution in [0.4, 0.5) is 11.5 Å². The largest absolute Gasteiger partial charge is 0.493 e. The van der Waals surface area contributed by atoms with Crippen LogP contribution in [0.15, 0.2) is 42.7 Å². The monoisotopic (exact) mass is 471 g/mol. The van der Waals surface area contributed by atoms with Crippen LogP contribution in [-0.4, -0.2) is 49.2 Å². The van der Waals surface area contributed by atoms with Gasteiger partial charge in [0.15, 0.2) is 5.82 Å². The van der Waals surface area contributed by atoms with E-state index >= 15 is 0 Å². The molecular formula is C28H33N5O2. The number of benzene rings is 1. The van der Waals surface area contributed by atoms with Crippen molar-refractivity contribution in [1.29, 1.82) is 0 Å². The maximum absolute atomic E-state index is 13.6. The molecule has 4 heterocycles. The fourth-order valence-corrected chi connectivity index (χ4v) is 6.35. The van der Waals surface area contributed by atoms with Crippen molar-refractivity contribution in [1.82, 2.24) is 15.3 Å². The number of hydrogen-bond donors (Lipinski definition) is 1. The molecule has 0 radical (unpaired) electrons. The molecule has 0 spiro atoms. The second-order valence-corrected chi connectivity index (χ2v) is 10.2. The lowest BCUT2D eigenvalue weighted by Gasteiger charge is -2.33. The van der Waals surface area contributed by atoms with E-state index in [-0.39, 0.29) is 11.9 Å². The number of para-hydroxylation sites is 1. The number of rotatable bonds is 4. The first-order valence-corrected chi connectivity index (χ1v) is 12.9. The molecule has 1 N–H and O–H groups in total. The van der Waals surface area contributed by atoms with E-state index in [1.54, 1.807) is 6.20 Å². The van der Waals surface area contributed by atoms with Crippen molar-refractivity contribution in [3.05, 3.63) is 53.9 Å². The summed E-state index contributed by atoms with van der Waals surface area (Å²) in [5.41, 5.74) is 3.38. The van der Waals surface area contributed by atoms with Gasteiger partial charge in [-0.05, 0) is 37.3 Å². The van der Waals surface area contributed by atoms with Gasteiger partial charge in [0.05, 0.1) is 23.9 Å². The Morgan fingerprint density at radius 3 is 2.83 bits per heavy atom. The summed E-state index contributed by atoms with van der Waals surface area (Å²) in [4.78, 5) is 27.7. The van der Waals surface area contributed by atoms with E-state index in [4.69, 9.17) is 14.7 Å². The zero-order valence-corrected chi connectivity index (χ0v) is 20.5. The quantitative estimate of drug-likeness (QED) is 0.594. The van der Waals surface area contributed by atoms with Crippen molar-refractivity contribution >= 4 is 28.3 Å². The Hall–Kier alpha value is -3.35. The molecule has 1 amide bonds. The predicted octanol–water partition coefficient (Wildman–Crippen LogP) is 4.72. The summed E-state index contributed by atoms with van der Waals surface area (Å²) in [6, 6.07) is 10.4. The van der Waals surface area contributed by atoms with E-state index < -0.39 is 0 Å². The highest BCUT2D eigenvalue weighted by Gasteiger charge is 2.37. The van der Waals surface area contributed by atoms with Crippen LogP contribution in [0.2, 0.25) is 0 Å². The first kappa shape index (κ1) is 22.1. The summed E-state index contributed by atoms with van der Waals surface area (Å²) < 4.78 is 5.78. The van der Waals surface area contributed by atoms with Gasteiger partial charge in [0.2, 0.25) is 0 Å². The second-order valence-electron chi connectivity index (χ2n) is 10.2. The lowest BCUT2D eigenvalue weighted by Crippen LogP contribution is -2.35. The summed E-state index contributed by atoms with van der Waals surface area (Å²) in [7, 11) is 3.98. The van der Waals surface area contributed by atoms with E-state index in [1.807, 2.05) is 55.5 Å². The average Bonchev–Trinajstić information content (AvgIpc) is 3.31. The van der Waals surface area contributed by atoms with Gasteiger partial charge >= 0.3 is 0 Å². The predicted molar refractivity (Wildman–Crippen MR) is 138 cm³/mol. The molecule has 3 aromatic rings. The number of nitrogens with zero attached hydrogens (tertiary/aromatic N) is 4. The summed E-state index contributed by atoms with van der Waals surface area (Å²) in [5.74, 6) is 2.46. The molecule has 2 aromatic heterocycles. The second kappa shape index (κ2) is 9.02. The zero-order chi connectivity index (χ0) is 23.9. The first-order chi connectivity index (χ1) is 17.1. The van der Waals surface area contributed by atoms with Crippen LogP contribution in [-0.2, 0) is 0 Å². The molecule has 7 nitrogen and oxygen atoms in total. The van der Waals surface area contributed by atoms with Crippen molar-refractivity contribution in [3.63, 3.8) is 0 Å². The fraction of sp³-hybridized carbons (Fsp3) is 0.464. The van der Waals surface area contributed by atoms with E-state index in [0.29, 0.717) is 18.2 Å². The lowest BCUT2D eigenvalue weighted by atomic mass is 9.85. The third-order valence-electron chi connectivity index (χ3n) is 7.98. The lowest BCUT2D eigenvalue weighted by molar-refractivity contribution is 0.0925. The number of fused-ring (bicyclic) bond motifs is 3. The molecule has 1 saturated carbocycles. The molecule has 1 aliphatic carbocycles. The topological polar surface area (TPSA) is 70.6 Å². The number of carbonyl (C=O) groups excluding carboxylic acids is 1. The molecular weight excluding hydrogens is 438 g/mol. The van der Waals surface area contributed by atoms with Gasteiger partial charge in [-0.1, -0.05) is 31.0 Å². The van der Waals surface area contributed by atoms with E-state index in [9.17, 15) is 4.79 Å². The van der Waals surface area contributed by atoms with Crippen molar-refractivity contribution in [2.45, 2.75) is 50.6 Å². The number of anilines is 2. The summed E-state index contributed by atoms with van der Waals surface area (Å²) in [6.45, 7) is 1.62. The van der Waals surface area contributed by atoms with Gasteiger partial charge in [0.25, 0.3) is 5.91 Å². The summed E-state index contributed by atoms with van der Waals surface area (Å²) in [6.07, 6.45) is 10.8. The minimum atomic E-state index is -0.114. The minimum absolute atomic E-state index is 0.0843. The van der Waals surface area contributed by atoms with Gasteiger partial charge in [-0.3, -0.25) is 9.78 Å². The zero-order valence-electron chi connectivity index (χ0n) is 20.5. The molecule has 0 unspecified atom stereocenters. The Labute approximate surface area is 206 Å². The highest BCUT2D eigenvalue weighted by atomic mass is 16.5. The van der Waals surface area contributed by atoms with Crippen LogP contribution in [0.1, 0.15) is 60.5 Å². The molecule has 0 bridgehead atoms. The number of amides is 1. The number of nitrogens with one attached hydrogen (secondary N) is 1.